The number of hydrogen-bond donors (Lipinski definition) is 0. The number of benzene rings is 1. The Morgan fingerprint density at radius 1 is 1.20 bits per heavy atom. The van der Waals surface area contributed by atoms with Crippen molar-refractivity contribution in [2.45, 2.75) is 0 Å². The molecule has 0 N–H and O–H groups in total. The average molecular weight is 284 g/mol. The number of ketones is 1. The second-order valence-corrected chi connectivity index (χ2v) is 2.12. The molecule has 0 bridgehead atoms. The third kappa shape index (κ3) is 10.1. The number of alkyl halides is 1. The van der Waals surface area contributed by atoms with Crippen molar-refractivity contribution in [2.24, 2.45) is 0 Å². The van der Waals surface area contributed by atoms with Crippen LogP contribution in [0.15, 0.2) is 24.3 Å². The smallest absolute Gasteiger partial charge is 0.120 e. The van der Waals surface area contributed by atoms with Gasteiger partial charge in [-0.1, -0.05) is 0 Å². The van der Waals surface area contributed by atoms with Crippen molar-refractivity contribution in [3.05, 3.63) is 49.5 Å². The Morgan fingerprint density at radius 3 is 1.80 bits per heavy atom. The van der Waals surface area contributed by atoms with Gasteiger partial charge in [-0.05, 0) is 18.8 Å². The number of rotatable bonds is 1. The molecule has 0 aromatic heterocycles. The second-order valence-electron chi connectivity index (χ2n) is 2.12. The Balaban J connectivity index is -0.000000260. The van der Waals surface area contributed by atoms with Crippen molar-refractivity contribution in [1.82, 2.24) is 0 Å². The zero-order valence-electron chi connectivity index (χ0n) is 7.99. The van der Waals surface area contributed by atoms with E-state index in [4.69, 9.17) is 0 Å². The first kappa shape index (κ1) is 20.2. The van der Waals surface area contributed by atoms with Crippen LogP contribution in [0.3, 0.4) is 0 Å². The fourth-order valence-electron chi connectivity index (χ4n) is 0.636. The molecule has 5 heteroatoms. The molecule has 0 saturated carbocycles. The summed E-state index contributed by atoms with van der Waals surface area (Å²) < 4.78 is 22.4. The van der Waals surface area contributed by atoms with Crippen LogP contribution < -0.4 is 0 Å². The van der Waals surface area contributed by atoms with Gasteiger partial charge in [-0.3, -0.25) is 4.39 Å². The standard InChI is InChI=1S/C8H6FO.C2H4F.2V/c1-6(10)7-2-4-8(9)5-3-7;1-2-3;;/h2-5H,1H2;1-2H2;;/q2*-1;;/i9-1;3-1;;. The van der Waals surface area contributed by atoms with E-state index in [0.29, 0.717) is 5.56 Å². The van der Waals surface area contributed by atoms with Gasteiger partial charge in [0.05, 0.1) is 0 Å². The van der Waals surface area contributed by atoms with Crippen molar-refractivity contribution in [2.75, 3.05) is 6.67 Å². The van der Waals surface area contributed by atoms with Gasteiger partial charge in [-0.25, -0.2) is 4.39 Å². The molecule has 15 heavy (non-hydrogen) atoms. The Hall–Kier alpha value is -0.211. The minimum atomic E-state index is -0.500. The van der Waals surface area contributed by atoms with E-state index in [-0.39, 0.29) is 48.7 Å². The van der Waals surface area contributed by atoms with Gasteiger partial charge in [0.2, 0.25) is 0 Å². The Morgan fingerprint density at radius 2 is 1.53 bits per heavy atom. The van der Waals surface area contributed by atoms with Gasteiger partial charge in [0.25, 0.3) is 0 Å². The van der Waals surface area contributed by atoms with Gasteiger partial charge >= 0.3 is 0 Å². The van der Waals surface area contributed by atoms with Crippen LogP contribution in [-0.2, 0) is 37.1 Å². The predicted molar refractivity (Wildman–Crippen MR) is 47.4 cm³/mol. The van der Waals surface area contributed by atoms with Crippen LogP contribution in [0.25, 0.3) is 0 Å². The molecule has 1 aromatic rings. The van der Waals surface area contributed by atoms with Crippen LogP contribution in [0.4, 0.5) is 8.78 Å². The number of Topliss-reactive ketones (excluding diaryl/α,β-unsaturated/α-hetero) is 1. The molecule has 1 nitrogen and oxygen atoms in total. The van der Waals surface area contributed by atoms with Crippen molar-refractivity contribution in [3.63, 3.8) is 0 Å². The summed E-state index contributed by atoms with van der Waals surface area (Å²) in [6.45, 7) is 5.50. The van der Waals surface area contributed by atoms with Gasteiger partial charge in [-0.2, -0.15) is 6.92 Å². The zero-order valence-corrected chi connectivity index (χ0v) is 10.8. The minimum Gasteiger partial charge on any atom is -0.332 e. The van der Waals surface area contributed by atoms with Gasteiger partial charge in [-0.15, -0.1) is 17.7 Å². The summed E-state index contributed by atoms with van der Waals surface area (Å²) in [5.41, 5.74) is 0.432. The van der Waals surface area contributed by atoms with Crippen LogP contribution in [0, 0.1) is 19.7 Å². The summed E-state index contributed by atoms with van der Waals surface area (Å²) in [5.74, 6) is -0.634. The summed E-state index contributed by atoms with van der Waals surface area (Å²) >= 11 is 0. The molecule has 2 radical (unpaired) electrons. The fraction of sp³-hybridized carbons (Fsp3) is 0.100. The monoisotopic (exact) mass is 284 g/mol. The summed E-state index contributed by atoms with van der Waals surface area (Å²) in [5, 5.41) is 0. The molecule has 0 fully saturated rings. The Kier molecular flexibility index (Phi) is 16.0. The van der Waals surface area contributed by atoms with E-state index >= 15 is 0 Å². The van der Waals surface area contributed by atoms with Gasteiger partial charge in [0.15, 0.2) is 0 Å². The SMILES string of the molecule is [CH2-]C(=O)c1ccc([18F])cc1.[CH2-]C[18F].[V].[V]. The maximum absolute atomic E-state index is 12.2. The number of halogens is 2. The van der Waals surface area contributed by atoms with E-state index in [0.717, 1.165) is 0 Å². The molecule has 0 atom stereocenters. The van der Waals surface area contributed by atoms with Gasteiger partial charge in [0, 0.05) is 42.9 Å². The Bertz CT molecular complexity index is 263. The largest absolute Gasteiger partial charge is 0.332 e. The first-order valence-electron chi connectivity index (χ1n) is 3.59. The zero-order chi connectivity index (χ0) is 10.3. The molecule has 0 aliphatic rings. The third-order valence-electron chi connectivity index (χ3n) is 1.17. The minimum absolute atomic E-state index is 0. The van der Waals surface area contributed by atoms with Crippen LogP contribution in [0.2, 0.25) is 0 Å². The quantitative estimate of drug-likeness (QED) is 0.572. The average Bonchev–Trinajstić information content (AvgIpc) is 2.06. The number of carbonyl (C=O) groups is 1. The summed E-state index contributed by atoms with van der Waals surface area (Å²) in [4.78, 5) is 10.5. The fourth-order valence-corrected chi connectivity index (χ4v) is 0.636. The third-order valence-corrected chi connectivity index (χ3v) is 1.17. The normalized spacial score (nSPS) is 7.40. The second kappa shape index (κ2) is 11.9. The molecule has 0 saturated heterocycles. The summed E-state index contributed by atoms with van der Waals surface area (Å²) in [7, 11) is 0. The Labute approximate surface area is 112 Å². The topological polar surface area (TPSA) is 17.1 Å². The predicted octanol–water partition coefficient (Wildman–Crippen LogP) is 2.63. The van der Waals surface area contributed by atoms with Crippen molar-refractivity contribution in [3.8, 4) is 0 Å². The molecule has 0 heterocycles. The molecule has 1 aromatic carbocycles. The molecule has 0 amide bonds. The molecular weight excluding hydrogens is 274 g/mol. The van der Waals surface area contributed by atoms with Crippen LogP contribution in [0.1, 0.15) is 10.4 Å². The van der Waals surface area contributed by atoms with E-state index in [1.165, 1.54) is 24.3 Å². The van der Waals surface area contributed by atoms with Crippen LogP contribution >= 0.6 is 0 Å². The summed E-state index contributed by atoms with van der Waals surface area (Å²) in [6, 6.07) is 5.28. The molecule has 0 aliphatic heterocycles. The van der Waals surface area contributed by atoms with Crippen LogP contribution in [-0.4, -0.2) is 12.5 Å². The van der Waals surface area contributed by atoms with E-state index in [2.05, 4.69) is 13.8 Å². The molecular formula is C10H10F2OV2-2. The van der Waals surface area contributed by atoms with E-state index in [9.17, 15) is 13.6 Å². The first-order chi connectivity index (χ1) is 6.11. The van der Waals surface area contributed by atoms with Crippen molar-refractivity contribution < 1.29 is 50.7 Å². The number of hydrogen-bond acceptors (Lipinski definition) is 1. The number of carbonyl (C=O) groups excluding carboxylic acids is 1. The van der Waals surface area contributed by atoms with Gasteiger partial charge in [0.1, 0.15) is 5.82 Å². The van der Waals surface area contributed by atoms with Gasteiger partial charge < -0.3 is 11.7 Å². The summed E-state index contributed by atoms with van der Waals surface area (Å²) in [6.07, 6.45) is 0. The molecule has 0 unspecified atom stereocenters. The molecule has 1 rings (SSSR count). The first-order valence-corrected chi connectivity index (χ1v) is 3.59. The van der Waals surface area contributed by atoms with Crippen molar-refractivity contribution >= 4 is 5.78 Å². The molecule has 0 aliphatic carbocycles. The molecule has 0 spiro atoms. The molecule has 82 valence electrons. The van der Waals surface area contributed by atoms with E-state index in [1.807, 2.05) is 0 Å². The van der Waals surface area contributed by atoms with Crippen LogP contribution in [0.5, 0.6) is 0 Å². The van der Waals surface area contributed by atoms with E-state index < -0.39 is 6.67 Å². The van der Waals surface area contributed by atoms with Crippen molar-refractivity contribution in [1.29, 1.82) is 0 Å². The van der Waals surface area contributed by atoms with E-state index in [1.54, 1.807) is 0 Å². The maximum atomic E-state index is 12.2. The maximum Gasteiger partial charge on any atom is 0.120 e.